The first-order chi connectivity index (χ1) is 15.6. The van der Waals surface area contributed by atoms with E-state index in [1.54, 1.807) is 4.57 Å². The van der Waals surface area contributed by atoms with E-state index in [9.17, 15) is 4.79 Å². The number of para-hydroxylation sites is 1. The van der Waals surface area contributed by atoms with Gasteiger partial charge in [0.05, 0.1) is 17.8 Å². The lowest BCUT2D eigenvalue weighted by molar-refractivity contribution is 0.156. The molecule has 0 fully saturated rings. The maximum atomic E-state index is 13.1. The van der Waals surface area contributed by atoms with Crippen LogP contribution < -0.4 is 0 Å². The lowest BCUT2D eigenvalue weighted by atomic mass is 9.98. The van der Waals surface area contributed by atoms with Crippen LogP contribution in [0.25, 0.3) is 44.3 Å². The molecule has 0 atom stereocenters. The van der Waals surface area contributed by atoms with Gasteiger partial charge in [0.1, 0.15) is 0 Å². The third-order valence-corrected chi connectivity index (χ3v) is 6.95. The molecule has 6 heteroatoms. The number of fused-ring (bicyclic) bond motifs is 3. The van der Waals surface area contributed by atoms with Crippen molar-refractivity contribution in [1.29, 1.82) is 0 Å². The lowest BCUT2D eigenvalue weighted by Crippen LogP contribution is -2.14. The highest BCUT2D eigenvalue weighted by atomic mass is 127. The molecule has 0 aliphatic rings. The van der Waals surface area contributed by atoms with E-state index in [0.717, 1.165) is 46.7 Å². The minimum atomic E-state index is -0.423. The Morgan fingerprint density at radius 1 is 0.969 bits per heavy atom. The number of benzene rings is 3. The smallest absolute Gasteiger partial charge is 0.420 e. The number of carbonyl (C=O) groups is 1. The molecule has 0 aliphatic heterocycles. The minimum Gasteiger partial charge on any atom is -0.449 e. The second kappa shape index (κ2) is 8.67. The van der Waals surface area contributed by atoms with E-state index in [1.807, 2.05) is 73.7 Å². The maximum absolute atomic E-state index is 13.1. The van der Waals surface area contributed by atoms with E-state index in [0.29, 0.717) is 12.3 Å². The molecule has 0 radical (unpaired) electrons. The van der Waals surface area contributed by atoms with Crippen molar-refractivity contribution in [2.24, 2.45) is 0 Å². The number of hydrogen-bond acceptors (Lipinski definition) is 3. The molecular weight excluding hydrogens is 579 g/mol. The molecule has 3 aromatic carbocycles. The number of aromatic nitrogens is 2. The van der Waals surface area contributed by atoms with Gasteiger partial charge in [0.15, 0.2) is 5.65 Å². The number of rotatable bonds is 3. The monoisotopic (exact) mass is 596 g/mol. The zero-order valence-corrected chi connectivity index (χ0v) is 20.9. The average molecular weight is 597 g/mol. The van der Waals surface area contributed by atoms with Crippen molar-refractivity contribution in [3.63, 3.8) is 0 Å². The second-order valence-electron chi connectivity index (χ2n) is 7.27. The molecule has 32 heavy (non-hydrogen) atoms. The summed E-state index contributed by atoms with van der Waals surface area (Å²) < 4.78 is 9.06. The van der Waals surface area contributed by atoms with Gasteiger partial charge in [0.25, 0.3) is 0 Å². The van der Waals surface area contributed by atoms with Crippen LogP contribution in [0.4, 0.5) is 4.79 Å². The number of carbonyl (C=O) groups excluding carboxylic acids is 1. The molecule has 0 saturated carbocycles. The first-order valence-electron chi connectivity index (χ1n) is 10.2. The van der Waals surface area contributed by atoms with Crippen LogP contribution in [0.1, 0.15) is 6.92 Å². The van der Waals surface area contributed by atoms with Crippen molar-refractivity contribution in [3.05, 3.63) is 86.9 Å². The molecule has 5 aromatic rings. The molecule has 0 amide bonds. The van der Waals surface area contributed by atoms with Crippen LogP contribution in [0.15, 0.2) is 83.3 Å². The summed E-state index contributed by atoms with van der Waals surface area (Å²) in [6.45, 7) is 2.10. The molecule has 0 unspecified atom stereocenters. The number of halogens is 2. The molecular formula is C26H18BrIN2O2. The Bertz CT molecular complexity index is 1460. The fraction of sp³-hybridized carbons (Fsp3) is 0.0769. The molecule has 0 bridgehead atoms. The fourth-order valence-electron chi connectivity index (χ4n) is 4.01. The van der Waals surface area contributed by atoms with E-state index in [4.69, 9.17) is 9.72 Å². The zero-order valence-electron chi connectivity index (χ0n) is 17.2. The second-order valence-corrected chi connectivity index (χ2v) is 9.27. The molecule has 2 aromatic heterocycles. The SMILES string of the molecule is CCOC(=O)n1c2ccccc2c2c(-c3ccc(Br)cc3)c(I)c(-c3ccccc3)nc21. The summed E-state index contributed by atoms with van der Waals surface area (Å²) in [6.07, 6.45) is -0.423. The number of nitrogens with zero attached hydrogens (tertiary/aromatic N) is 2. The number of hydrogen-bond donors (Lipinski definition) is 0. The van der Waals surface area contributed by atoms with Crippen molar-refractivity contribution < 1.29 is 9.53 Å². The summed E-state index contributed by atoms with van der Waals surface area (Å²) >= 11 is 5.92. The van der Waals surface area contributed by atoms with Gasteiger partial charge in [-0.3, -0.25) is 0 Å². The zero-order chi connectivity index (χ0) is 22.2. The van der Waals surface area contributed by atoms with Crippen molar-refractivity contribution in [2.45, 2.75) is 6.92 Å². The molecule has 0 N–H and O–H groups in total. The highest BCUT2D eigenvalue weighted by Crippen LogP contribution is 2.42. The van der Waals surface area contributed by atoms with Gasteiger partial charge in [-0.1, -0.05) is 76.6 Å². The predicted octanol–water partition coefficient (Wildman–Crippen LogP) is 7.90. The van der Waals surface area contributed by atoms with Crippen LogP contribution >= 0.6 is 38.5 Å². The highest BCUT2D eigenvalue weighted by Gasteiger charge is 2.25. The van der Waals surface area contributed by atoms with Crippen molar-refractivity contribution >= 4 is 66.6 Å². The summed E-state index contributed by atoms with van der Waals surface area (Å²) in [5, 5.41) is 1.92. The third kappa shape index (κ3) is 3.51. The Labute approximate surface area is 207 Å². The van der Waals surface area contributed by atoms with Crippen LogP contribution in [-0.4, -0.2) is 22.3 Å². The highest BCUT2D eigenvalue weighted by molar-refractivity contribution is 14.1. The summed E-state index contributed by atoms with van der Waals surface area (Å²) in [6, 6.07) is 26.2. The maximum Gasteiger partial charge on any atom is 0.420 e. The van der Waals surface area contributed by atoms with Gasteiger partial charge in [-0.2, -0.15) is 0 Å². The van der Waals surface area contributed by atoms with E-state index >= 15 is 0 Å². The van der Waals surface area contributed by atoms with Gasteiger partial charge in [-0.25, -0.2) is 14.3 Å². The third-order valence-electron chi connectivity index (χ3n) is 5.38. The minimum absolute atomic E-state index is 0.294. The topological polar surface area (TPSA) is 44.1 Å². The van der Waals surface area contributed by atoms with Crippen LogP contribution in [0.3, 0.4) is 0 Å². The van der Waals surface area contributed by atoms with Crippen molar-refractivity contribution in [3.8, 4) is 22.4 Å². The normalized spacial score (nSPS) is 11.2. The van der Waals surface area contributed by atoms with E-state index in [-0.39, 0.29) is 0 Å². The summed E-state index contributed by atoms with van der Waals surface area (Å²) in [4.78, 5) is 18.1. The Morgan fingerprint density at radius 3 is 2.38 bits per heavy atom. The molecule has 4 nitrogen and oxygen atoms in total. The van der Waals surface area contributed by atoms with Gasteiger partial charge in [-0.15, -0.1) is 0 Å². The number of pyridine rings is 1. The van der Waals surface area contributed by atoms with E-state index < -0.39 is 6.09 Å². The van der Waals surface area contributed by atoms with Crippen molar-refractivity contribution in [1.82, 2.24) is 9.55 Å². The molecule has 0 saturated heterocycles. The van der Waals surface area contributed by atoms with Crippen molar-refractivity contribution in [2.75, 3.05) is 6.61 Å². The lowest BCUT2D eigenvalue weighted by Gasteiger charge is -2.13. The van der Waals surface area contributed by atoms with Gasteiger partial charge in [-0.05, 0) is 53.3 Å². The number of ether oxygens (including phenoxy) is 1. The largest absolute Gasteiger partial charge is 0.449 e. The predicted molar refractivity (Wildman–Crippen MR) is 141 cm³/mol. The Morgan fingerprint density at radius 2 is 1.66 bits per heavy atom. The Hall–Kier alpha value is -2.71. The van der Waals surface area contributed by atoms with Crippen LogP contribution in [0.2, 0.25) is 0 Å². The fourth-order valence-corrected chi connectivity index (χ4v) is 5.29. The van der Waals surface area contributed by atoms with Gasteiger partial charge in [0.2, 0.25) is 0 Å². The summed E-state index contributed by atoms with van der Waals surface area (Å²) in [5.74, 6) is 0. The first-order valence-corrected chi connectivity index (χ1v) is 12.1. The molecule has 5 rings (SSSR count). The van der Waals surface area contributed by atoms with E-state index in [1.165, 1.54) is 0 Å². The molecule has 158 valence electrons. The molecule has 0 aliphatic carbocycles. The first kappa shape index (κ1) is 21.2. The van der Waals surface area contributed by atoms with Crippen LogP contribution in [-0.2, 0) is 4.74 Å². The Kier molecular flexibility index (Phi) is 5.73. The van der Waals surface area contributed by atoms with E-state index in [2.05, 4.69) is 50.7 Å². The summed E-state index contributed by atoms with van der Waals surface area (Å²) in [5.41, 5.74) is 5.34. The van der Waals surface area contributed by atoms with Gasteiger partial charge >= 0.3 is 6.09 Å². The quantitative estimate of drug-likeness (QED) is 0.199. The van der Waals surface area contributed by atoms with Gasteiger partial charge in [0, 0.05) is 29.9 Å². The van der Waals surface area contributed by atoms with Crippen LogP contribution in [0.5, 0.6) is 0 Å². The molecule has 2 heterocycles. The Balaban J connectivity index is 1.98. The van der Waals surface area contributed by atoms with Crippen LogP contribution in [0, 0.1) is 3.57 Å². The average Bonchev–Trinajstić information content (AvgIpc) is 3.14. The standard InChI is InChI=1S/C26H18BrIN2O2/c1-2-32-26(31)30-20-11-7-6-10-19(20)22-21(16-12-14-18(27)15-13-16)23(28)24(29-25(22)30)17-8-4-3-5-9-17/h3-15H,2H2,1H3. The summed E-state index contributed by atoms with van der Waals surface area (Å²) in [7, 11) is 0. The molecule has 0 spiro atoms. The van der Waals surface area contributed by atoms with Gasteiger partial charge < -0.3 is 4.74 Å².